The SMILES string of the molecule is C[C@H](N)C(=O)NCC(=O)NCC=O. The van der Waals surface area contributed by atoms with Crippen molar-refractivity contribution < 1.29 is 14.4 Å². The van der Waals surface area contributed by atoms with E-state index in [9.17, 15) is 14.4 Å². The Kier molecular flexibility index (Phi) is 5.45. The lowest BCUT2D eigenvalue weighted by Crippen LogP contribution is -2.43. The van der Waals surface area contributed by atoms with E-state index in [2.05, 4.69) is 10.6 Å². The van der Waals surface area contributed by atoms with E-state index in [-0.39, 0.29) is 13.1 Å². The van der Waals surface area contributed by atoms with Gasteiger partial charge in [-0.2, -0.15) is 0 Å². The predicted octanol–water partition coefficient (Wildman–Crippen LogP) is -2.24. The Hall–Kier alpha value is -1.43. The molecule has 0 heterocycles. The molecule has 0 aromatic heterocycles. The largest absolute Gasteiger partial charge is 0.348 e. The first-order valence-electron chi connectivity index (χ1n) is 3.81. The highest BCUT2D eigenvalue weighted by Crippen LogP contribution is 1.73. The zero-order valence-corrected chi connectivity index (χ0v) is 7.37. The van der Waals surface area contributed by atoms with Crippen LogP contribution in [0.15, 0.2) is 0 Å². The monoisotopic (exact) mass is 187 g/mol. The van der Waals surface area contributed by atoms with Crippen LogP contribution in [0.25, 0.3) is 0 Å². The van der Waals surface area contributed by atoms with Gasteiger partial charge in [0.1, 0.15) is 6.29 Å². The van der Waals surface area contributed by atoms with Gasteiger partial charge in [0.25, 0.3) is 0 Å². The second-order valence-corrected chi connectivity index (χ2v) is 2.48. The van der Waals surface area contributed by atoms with Gasteiger partial charge in [0.05, 0.1) is 19.1 Å². The number of rotatable bonds is 5. The van der Waals surface area contributed by atoms with Gasteiger partial charge in [-0.05, 0) is 6.92 Å². The molecule has 13 heavy (non-hydrogen) atoms. The van der Waals surface area contributed by atoms with Crippen molar-refractivity contribution in [3.8, 4) is 0 Å². The minimum Gasteiger partial charge on any atom is -0.348 e. The van der Waals surface area contributed by atoms with E-state index in [0.717, 1.165) is 0 Å². The Morgan fingerprint density at radius 3 is 2.54 bits per heavy atom. The Morgan fingerprint density at radius 1 is 1.46 bits per heavy atom. The zero-order valence-electron chi connectivity index (χ0n) is 7.37. The van der Waals surface area contributed by atoms with Gasteiger partial charge in [-0.15, -0.1) is 0 Å². The maximum atomic E-state index is 10.8. The van der Waals surface area contributed by atoms with E-state index >= 15 is 0 Å². The quantitative estimate of drug-likeness (QED) is 0.424. The second kappa shape index (κ2) is 6.13. The molecule has 0 saturated carbocycles. The van der Waals surface area contributed by atoms with Gasteiger partial charge in [0.2, 0.25) is 11.8 Å². The van der Waals surface area contributed by atoms with Crippen LogP contribution in [-0.4, -0.2) is 37.2 Å². The van der Waals surface area contributed by atoms with Crippen LogP contribution < -0.4 is 16.4 Å². The number of nitrogens with two attached hydrogens (primary N) is 1. The minimum absolute atomic E-state index is 0.0487. The summed E-state index contributed by atoms with van der Waals surface area (Å²) in [5, 5.41) is 4.56. The van der Waals surface area contributed by atoms with Crippen molar-refractivity contribution in [2.45, 2.75) is 13.0 Å². The van der Waals surface area contributed by atoms with Crippen molar-refractivity contribution in [2.24, 2.45) is 5.73 Å². The maximum Gasteiger partial charge on any atom is 0.239 e. The molecule has 0 aromatic rings. The summed E-state index contributed by atoms with van der Waals surface area (Å²) in [6, 6.07) is -0.640. The highest BCUT2D eigenvalue weighted by atomic mass is 16.2. The van der Waals surface area contributed by atoms with Crippen LogP contribution in [0, 0.1) is 0 Å². The number of aldehydes is 1. The number of amides is 2. The molecule has 0 aromatic carbocycles. The standard InChI is InChI=1S/C7H13N3O3/c1-5(8)7(13)10-4-6(12)9-2-3-11/h3,5H,2,4,8H2,1H3,(H,9,12)(H,10,13)/t5-/m0/s1. The summed E-state index contributed by atoms with van der Waals surface area (Å²) in [7, 11) is 0. The molecule has 0 aliphatic heterocycles. The Morgan fingerprint density at radius 2 is 2.08 bits per heavy atom. The molecule has 0 saturated heterocycles. The number of carbonyl (C=O) groups excluding carboxylic acids is 3. The zero-order chi connectivity index (χ0) is 10.3. The smallest absolute Gasteiger partial charge is 0.239 e. The van der Waals surface area contributed by atoms with E-state index in [1.165, 1.54) is 6.92 Å². The molecular formula is C7H13N3O3. The van der Waals surface area contributed by atoms with Gasteiger partial charge in [-0.3, -0.25) is 9.59 Å². The fraction of sp³-hybridized carbons (Fsp3) is 0.571. The Bertz CT molecular complexity index is 203. The maximum absolute atomic E-state index is 10.8. The average molecular weight is 187 g/mol. The molecule has 0 aliphatic rings. The van der Waals surface area contributed by atoms with E-state index in [0.29, 0.717) is 6.29 Å². The minimum atomic E-state index is -0.640. The van der Waals surface area contributed by atoms with Crippen molar-refractivity contribution in [3.63, 3.8) is 0 Å². The Labute approximate surface area is 75.9 Å². The summed E-state index contributed by atoms with van der Waals surface area (Å²) >= 11 is 0. The molecule has 1 atom stereocenters. The molecule has 6 nitrogen and oxygen atoms in total. The summed E-state index contributed by atoms with van der Waals surface area (Å²) in [6.07, 6.45) is 0.561. The Balaban J connectivity index is 3.57. The summed E-state index contributed by atoms with van der Waals surface area (Å²) in [5.74, 6) is -0.817. The molecule has 0 aliphatic carbocycles. The lowest BCUT2D eigenvalue weighted by Gasteiger charge is -2.06. The number of hydrogen-bond acceptors (Lipinski definition) is 4. The van der Waals surface area contributed by atoms with Crippen molar-refractivity contribution in [1.82, 2.24) is 10.6 Å². The van der Waals surface area contributed by atoms with Crippen molar-refractivity contribution in [3.05, 3.63) is 0 Å². The highest BCUT2D eigenvalue weighted by molar-refractivity contribution is 5.87. The number of hydrogen-bond donors (Lipinski definition) is 3. The molecule has 4 N–H and O–H groups in total. The van der Waals surface area contributed by atoms with Gasteiger partial charge in [0.15, 0.2) is 0 Å². The van der Waals surface area contributed by atoms with Gasteiger partial charge < -0.3 is 21.2 Å². The molecule has 6 heteroatoms. The van der Waals surface area contributed by atoms with Crippen LogP contribution in [0.3, 0.4) is 0 Å². The van der Waals surface area contributed by atoms with Crippen LogP contribution in [-0.2, 0) is 14.4 Å². The van der Waals surface area contributed by atoms with E-state index in [1.807, 2.05) is 0 Å². The van der Waals surface area contributed by atoms with Crippen molar-refractivity contribution >= 4 is 18.1 Å². The highest BCUT2D eigenvalue weighted by Gasteiger charge is 2.08. The molecular weight excluding hydrogens is 174 g/mol. The molecule has 0 rings (SSSR count). The molecule has 0 fully saturated rings. The molecule has 2 amide bonds. The number of carbonyl (C=O) groups is 3. The third kappa shape index (κ3) is 5.80. The molecule has 0 bridgehead atoms. The van der Waals surface area contributed by atoms with Crippen LogP contribution >= 0.6 is 0 Å². The summed E-state index contributed by atoms with van der Waals surface area (Å²) < 4.78 is 0. The van der Waals surface area contributed by atoms with Crippen LogP contribution in [0.1, 0.15) is 6.92 Å². The molecule has 0 radical (unpaired) electrons. The fourth-order valence-corrected chi connectivity index (χ4v) is 0.546. The van der Waals surface area contributed by atoms with Crippen LogP contribution in [0.2, 0.25) is 0 Å². The molecule has 74 valence electrons. The van der Waals surface area contributed by atoms with E-state index < -0.39 is 17.9 Å². The summed E-state index contributed by atoms with van der Waals surface area (Å²) in [6.45, 7) is 1.31. The average Bonchev–Trinajstić information content (AvgIpc) is 2.10. The van der Waals surface area contributed by atoms with Gasteiger partial charge in [0, 0.05) is 0 Å². The van der Waals surface area contributed by atoms with Crippen molar-refractivity contribution in [2.75, 3.05) is 13.1 Å². The fourth-order valence-electron chi connectivity index (χ4n) is 0.546. The first-order valence-corrected chi connectivity index (χ1v) is 3.81. The first kappa shape index (κ1) is 11.6. The third-order valence-corrected chi connectivity index (χ3v) is 1.22. The summed E-state index contributed by atoms with van der Waals surface area (Å²) in [4.78, 5) is 31.5. The van der Waals surface area contributed by atoms with Crippen molar-refractivity contribution in [1.29, 1.82) is 0 Å². The molecule has 0 spiro atoms. The normalized spacial score (nSPS) is 11.5. The molecule has 0 unspecified atom stereocenters. The van der Waals surface area contributed by atoms with E-state index in [4.69, 9.17) is 5.73 Å². The van der Waals surface area contributed by atoms with Gasteiger partial charge >= 0.3 is 0 Å². The lowest BCUT2D eigenvalue weighted by molar-refractivity contribution is -0.126. The predicted molar refractivity (Wildman–Crippen MR) is 45.7 cm³/mol. The second-order valence-electron chi connectivity index (χ2n) is 2.48. The number of nitrogens with one attached hydrogen (secondary N) is 2. The van der Waals surface area contributed by atoms with Crippen LogP contribution in [0.4, 0.5) is 0 Å². The topological polar surface area (TPSA) is 101 Å². The van der Waals surface area contributed by atoms with Gasteiger partial charge in [-0.1, -0.05) is 0 Å². The van der Waals surface area contributed by atoms with E-state index in [1.54, 1.807) is 0 Å². The lowest BCUT2D eigenvalue weighted by atomic mass is 10.3. The summed E-state index contributed by atoms with van der Waals surface area (Å²) in [5.41, 5.74) is 5.22. The first-order chi connectivity index (χ1) is 6.07. The third-order valence-electron chi connectivity index (χ3n) is 1.22. The van der Waals surface area contributed by atoms with Gasteiger partial charge in [-0.25, -0.2) is 0 Å². The van der Waals surface area contributed by atoms with Crippen LogP contribution in [0.5, 0.6) is 0 Å².